The van der Waals surface area contributed by atoms with Gasteiger partial charge < -0.3 is 15.4 Å². The second kappa shape index (κ2) is 11.1. The molecule has 2 aromatic heterocycles. The zero-order valence-corrected chi connectivity index (χ0v) is 21.7. The number of carbonyl (C=O) groups is 3. The summed E-state index contributed by atoms with van der Waals surface area (Å²) in [6.07, 6.45) is -3.31. The maximum Gasteiger partial charge on any atom is 0.422 e. The van der Waals surface area contributed by atoms with Gasteiger partial charge in [-0.2, -0.15) is 13.2 Å². The van der Waals surface area contributed by atoms with Crippen LogP contribution in [0.4, 0.5) is 18.9 Å². The molecular formula is C23H19Cl2F3N6O5. The summed E-state index contributed by atoms with van der Waals surface area (Å²) in [5, 5.41) is 10.2. The number of carbonyl (C=O) groups excluding carboxylic acids is 3. The van der Waals surface area contributed by atoms with E-state index in [4.69, 9.17) is 32.8 Å². The Morgan fingerprint density at radius 2 is 1.97 bits per heavy atom. The van der Waals surface area contributed by atoms with Crippen LogP contribution < -0.4 is 15.4 Å². The molecule has 3 aromatic rings. The highest BCUT2D eigenvalue weighted by Crippen LogP contribution is 2.29. The van der Waals surface area contributed by atoms with Crippen LogP contribution in [0, 0.1) is 6.92 Å². The molecule has 1 fully saturated rings. The quantitative estimate of drug-likeness (QED) is 0.433. The van der Waals surface area contributed by atoms with Gasteiger partial charge in [0.2, 0.25) is 5.88 Å². The lowest BCUT2D eigenvalue weighted by Gasteiger charge is -2.16. The number of hydrogen-bond acceptors (Lipinski definition) is 7. The summed E-state index contributed by atoms with van der Waals surface area (Å²) in [7, 11) is 1.40. The van der Waals surface area contributed by atoms with Crippen LogP contribution in [0.5, 0.6) is 5.88 Å². The molecule has 11 nitrogen and oxygen atoms in total. The molecule has 0 saturated carbocycles. The van der Waals surface area contributed by atoms with E-state index in [1.54, 1.807) is 6.92 Å². The molecule has 1 aliphatic heterocycles. The van der Waals surface area contributed by atoms with Gasteiger partial charge >= 0.3 is 6.18 Å². The molecule has 0 spiro atoms. The van der Waals surface area contributed by atoms with Gasteiger partial charge in [-0.1, -0.05) is 23.2 Å². The minimum atomic E-state index is -4.65. The van der Waals surface area contributed by atoms with E-state index in [0.717, 1.165) is 15.8 Å². The molecule has 1 aliphatic rings. The largest absolute Gasteiger partial charge is 0.467 e. The third-order valence-electron chi connectivity index (χ3n) is 5.38. The minimum Gasteiger partial charge on any atom is -0.467 e. The summed E-state index contributed by atoms with van der Waals surface area (Å²) in [6, 6.07) is 5.73. The molecule has 1 unspecified atom stereocenters. The van der Waals surface area contributed by atoms with E-state index in [1.807, 2.05) is 0 Å². The Balaban J connectivity index is 1.68. The van der Waals surface area contributed by atoms with Crippen molar-refractivity contribution in [2.45, 2.75) is 19.1 Å². The predicted molar refractivity (Wildman–Crippen MR) is 132 cm³/mol. The molecule has 1 saturated heterocycles. The molecule has 3 amide bonds. The zero-order chi connectivity index (χ0) is 28.5. The molecule has 16 heteroatoms. The Hall–Kier alpha value is -3.88. The van der Waals surface area contributed by atoms with Crippen LogP contribution in [0.25, 0.3) is 5.82 Å². The summed E-state index contributed by atoms with van der Waals surface area (Å²) < 4.78 is 43.8. The van der Waals surface area contributed by atoms with Crippen molar-refractivity contribution in [3.8, 4) is 11.7 Å². The fourth-order valence-corrected chi connectivity index (χ4v) is 4.06. The van der Waals surface area contributed by atoms with Crippen molar-refractivity contribution in [1.82, 2.24) is 25.1 Å². The minimum absolute atomic E-state index is 0.0271. The van der Waals surface area contributed by atoms with Crippen LogP contribution in [0.1, 0.15) is 26.4 Å². The molecule has 1 atom stereocenters. The first-order valence-electron chi connectivity index (χ1n) is 11.1. The number of alkyl halides is 3. The maximum atomic E-state index is 13.4. The molecule has 2 N–H and O–H groups in total. The second-order valence-corrected chi connectivity index (χ2v) is 9.09. The highest BCUT2D eigenvalue weighted by atomic mass is 35.5. The highest BCUT2D eigenvalue weighted by molar-refractivity contribution is 6.32. The second-order valence-electron chi connectivity index (χ2n) is 8.25. The van der Waals surface area contributed by atoms with E-state index in [9.17, 15) is 27.6 Å². The highest BCUT2D eigenvalue weighted by Gasteiger charge is 2.33. The number of nitrogens with one attached hydrogen (secondary N) is 2. The van der Waals surface area contributed by atoms with Crippen molar-refractivity contribution in [3.63, 3.8) is 0 Å². The first kappa shape index (κ1) is 28.1. The van der Waals surface area contributed by atoms with E-state index in [-0.39, 0.29) is 39.4 Å². The fraction of sp³-hybridized carbons (Fsp3) is 0.261. The van der Waals surface area contributed by atoms with Gasteiger partial charge in [-0.25, -0.2) is 14.7 Å². The number of halogens is 5. The first-order chi connectivity index (χ1) is 18.3. The average Bonchev–Trinajstić information content (AvgIpc) is 3.43. The maximum absolute atomic E-state index is 13.4. The Morgan fingerprint density at radius 1 is 1.23 bits per heavy atom. The Morgan fingerprint density at radius 3 is 2.62 bits per heavy atom. The number of hydroxylamine groups is 2. The molecule has 3 heterocycles. The van der Waals surface area contributed by atoms with Crippen LogP contribution in [-0.2, 0) is 9.63 Å². The number of rotatable bonds is 7. The number of hydrogen-bond donors (Lipinski definition) is 2. The third-order valence-corrected chi connectivity index (χ3v) is 5.89. The number of nitrogens with zero attached hydrogens (tertiary/aromatic N) is 4. The van der Waals surface area contributed by atoms with Gasteiger partial charge in [-0.05, 0) is 36.8 Å². The number of amides is 3. The first-order valence-corrected chi connectivity index (χ1v) is 11.8. The van der Waals surface area contributed by atoms with Gasteiger partial charge in [-0.3, -0.25) is 19.2 Å². The van der Waals surface area contributed by atoms with Gasteiger partial charge in [0.05, 0.1) is 16.3 Å². The Labute approximate surface area is 228 Å². The monoisotopic (exact) mass is 586 g/mol. The summed E-state index contributed by atoms with van der Waals surface area (Å²) in [6.45, 7) is -0.172. The van der Waals surface area contributed by atoms with Crippen LogP contribution in [0.3, 0.4) is 0 Å². The predicted octanol–water partition coefficient (Wildman–Crippen LogP) is 3.58. The molecule has 4 rings (SSSR count). The lowest BCUT2D eigenvalue weighted by molar-refractivity contribution is -0.155. The van der Waals surface area contributed by atoms with Crippen LogP contribution >= 0.6 is 23.2 Å². The zero-order valence-electron chi connectivity index (χ0n) is 20.2. The average molecular weight is 587 g/mol. The van der Waals surface area contributed by atoms with Crippen molar-refractivity contribution < 1.29 is 37.1 Å². The van der Waals surface area contributed by atoms with Crippen molar-refractivity contribution in [2.24, 2.45) is 0 Å². The lowest BCUT2D eigenvalue weighted by atomic mass is 10.1. The molecule has 206 valence electrons. The van der Waals surface area contributed by atoms with Gasteiger partial charge in [0, 0.05) is 24.3 Å². The van der Waals surface area contributed by atoms with E-state index < -0.39 is 42.4 Å². The van der Waals surface area contributed by atoms with Gasteiger partial charge in [0.1, 0.15) is 18.3 Å². The number of aryl methyl sites for hydroxylation is 1. The van der Waals surface area contributed by atoms with Gasteiger partial charge in [-0.15, -0.1) is 5.10 Å². The van der Waals surface area contributed by atoms with E-state index in [2.05, 4.69) is 20.7 Å². The third kappa shape index (κ3) is 6.41. The lowest BCUT2D eigenvalue weighted by Crippen LogP contribution is -2.42. The standard InChI is InChI=1S/C23H19Cl2F3N6O5/c1-11-6-12(24)7-13(20(35)30-15-9-39-33(2)22(15)37)18(11)31-21(36)16-8-17(38-10-23(26,27)28)32-34(16)19-14(25)4-3-5-29-19/h3-8,15H,9-10H2,1-2H3,(H,30,35)(H,31,36). The van der Waals surface area contributed by atoms with Crippen LogP contribution in [0.2, 0.25) is 10.0 Å². The number of anilines is 1. The molecule has 0 radical (unpaired) electrons. The van der Waals surface area contributed by atoms with Crippen molar-refractivity contribution in [3.05, 3.63) is 63.4 Å². The van der Waals surface area contributed by atoms with E-state index in [1.165, 1.54) is 37.5 Å². The van der Waals surface area contributed by atoms with E-state index in [0.29, 0.717) is 5.56 Å². The molecule has 1 aromatic carbocycles. The smallest absolute Gasteiger partial charge is 0.422 e. The number of pyridine rings is 1. The van der Waals surface area contributed by atoms with Crippen LogP contribution in [0.15, 0.2) is 36.5 Å². The molecule has 0 bridgehead atoms. The topological polar surface area (TPSA) is 128 Å². The van der Waals surface area contributed by atoms with Crippen molar-refractivity contribution in [1.29, 1.82) is 0 Å². The van der Waals surface area contributed by atoms with Gasteiger partial charge in [0.15, 0.2) is 12.4 Å². The molecule has 0 aliphatic carbocycles. The van der Waals surface area contributed by atoms with Crippen LogP contribution in [-0.4, -0.2) is 70.0 Å². The SMILES string of the molecule is Cc1cc(Cl)cc(C(=O)NC2CON(C)C2=O)c1NC(=O)c1cc(OCC(F)(F)F)nn1-c1ncccc1Cl. The molecule has 39 heavy (non-hydrogen) atoms. The van der Waals surface area contributed by atoms with Gasteiger partial charge in [0.25, 0.3) is 17.7 Å². The van der Waals surface area contributed by atoms with E-state index >= 15 is 0 Å². The summed E-state index contributed by atoms with van der Waals surface area (Å²) in [5.41, 5.74) is 0.0301. The number of likely N-dealkylation sites (N-methyl/N-ethyl adjacent to an activating group) is 1. The fourth-order valence-electron chi connectivity index (χ4n) is 3.59. The van der Waals surface area contributed by atoms with Crippen molar-refractivity contribution in [2.75, 3.05) is 25.6 Å². The normalized spacial score (nSPS) is 15.4. The number of benzene rings is 1. The summed E-state index contributed by atoms with van der Waals surface area (Å²) >= 11 is 12.3. The number of aromatic nitrogens is 3. The summed E-state index contributed by atoms with van der Waals surface area (Å²) in [5.74, 6) is -2.67. The Kier molecular flexibility index (Phi) is 7.99. The van der Waals surface area contributed by atoms with Crippen molar-refractivity contribution >= 4 is 46.6 Å². The number of ether oxygens (including phenoxy) is 1. The molecular weight excluding hydrogens is 568 g/mol. The summed E-state index contributed by atoms with van der Waals surface area (Å²) in [4.78, 5) is 47.8. The Bertz CT molecular complexity index is 1450.